The summed E-state index contributed by atoms with van der Waals surface area (Å²) >= 11 is 0.149. The molecule has 0 rings (SSSR count). The van der Waals surface area contributed by atoms with Crippen LogP contribution in [0, 0.1) is 0 Å². The van der Waals surface area contributed by atoms with Gasteiger partial charge in [-0.3, -0.25) is 0 Å². The topological polar surface area (TPSA) is 0 Å². The quantitative estimate of drug-likeness (QED) is 0.138. The van der Waals surface area contributed by atoms with E-state index in [1.807, 2.05) is 0 Å². The van der Waals surface area contributed by atoms with Crippen LogP contribution in [0.2, 0.25) is 8.87 Å². The standard InChI is InChI=1S/2C8H16.2C4H9.Sn/c2*1-4-6-7-8(3)5-2;2*1-3-4-2;/h2*3-7H2,1-2H3;2*1,3-4H2,2H3;. The summed E-state index contributed by atoms with van der Waals surface area (Å²) in [6.45, 7) is 21.2. The van der Waals surface area contributed by atoms with Crippen LogP contribution in [0.15, 0.2) is 24.3 Å². The van der Waals surface area contributed by atoms with Gasteiger partial charge in [0.2, 0.25) is 0 Å². The third-order valence-electron chi connectivity index (χ3n) is 4.18. The van der Waals surface area contributed by atoms with E-state index in [-0.39, 0.29) is 21.1 Å². The van der Waals surface area contributed by atoms with Gasteiger partial charge in [-0.2, -0.15) is 0 Å². The molecule has 0 atom stereocenters. The average molecular weight is 457 g/mol. The Kier molecular flexibility index (Phi) is 34.9. The summed E-state index contributed by atoms with van der Waals surface area (Å²) in [5.41, 5.74) is 2.79. The van der Waals surface area contributed by atoms with E-state index >= 15 is 0 Å². The van der Waals surface area contributed by atoms with Gasteiger partial charge in [0.25, 0.3) is 0 Å². The van der Waals surface area contributed by atoms with Crippen molar-refractivity contribution >= 4 is 21.1 Å². The van der Waals surface area contributed by atoms with E-state index in [9.17, 15) is 0 Å². The molecule has 0 aliphatic rings. The SMILES string of the molecule is C=C(CC)CCCC.C=C(CC)CCCC.CCC[CH2][Sn][CH2]CCC. The van der Waals surface area contributed by atoms with Crippen LogP contribution in [0.1, 0.15) is 119 Å². The molecule has 0 nitrogen and oxygen atoms in total. The fraction of sp³-hybridized carbons (Fsp3) is 0.833. The number of unbranched alkanes of at least 4 members (excludes halogenated alkanes) is 4. The molecule has 0 bridgehead atoms. The van der Waals surface area contributed by atoms with E-state index in [0.29, 0.717) is 0 Å². The molecule has 0 saturated heterocycles. The van der Waals surface area contributed by atoms with Crippen molar-refractivity contribution in [2.24, 2.45) is 0 Å². The third-order valence-corrected chi connectivity index (χ3v) is 8.22. The van der Waals surface area contributed by atoms with Crippen LogP contribution in [-0.2, 0) is 0 Å². The van der Waals surface area contributed by atoms with Crippen LogP contribution in [0.5, 0.6) is 0 Å². The Labute approximate surface area is 172 Å². The van der Waals surface area contributed by atoms with Crippen molar-refractivity contribution in [1.29, 1.82) is 0 Å². The van der Waals surface area contributed by atoms with E-state index in [1.54, 1.807) is 8.87 Å². The fourth-order valence-corrected chi connectivity index (χ4v) is 6.09. The Morgan fingerprint density at radius 2 is 0.880 bits per heavy atom. The first-order valence-corrected chi connectivity index (χ1v) is 15.1. The first-order valence-electron chi connectivity index (χ1n) is 11.1. The summed E-state index contributed by atoms with van der Waals surface area (Å²) < 4.78 is 3.25. The van der Waals surface area contributed by atoms with Crippen LogP contribution >= 0.6 is 0 Å². The Balaban J connectivity index is -0.000000291. The predicted molar refractivity (Wildman–Crippen MR) is 123 cm³/mol. The summed E-state index contributed by atoms with van der Waals surface area (Å²) in [4.78, 5) is 0. The Morgan fingerprint density at radius 1 is 0.560 bits per heavy atom. The van der Waals surface area contributed by atoms with Gasteiger partial charge in [-0.1, -0.05) is 64.8 Å². The molecule has 0 amide bonds. The van der Waals surface area contributed by atoms with Gasteiger partial charge in [0, 0.05) is 0 Å². The summed E-state index contributed by atoms with van der Waals surface area (Å²) in [5, 5.41) is 0. The molecule has 0 aromatic carbocycles. The van der Waals surface area contributed by atoms with Gasteiger partial charge in [0.05, 0.1) is 0 Å². The van der Waals surface area contributed by atoms with Gasteiger partial charge in [0.1, 0.15) is 0 Å². The van der Waals surface area contributed by atoms with Crippen molar-refractivity contribution in [3.63, 3.8) is 0 Å². The molecule has 0 N–H and O–H groups in total. The summed E-state index contributed by atoms with van der Waals surface area (Å²) in [7, 11) is 0. The van der Waals surface area contributed by atoms with Crippen molar-refractivity contribution in [1.82, 2.24) is 0 Å². The molecular weight excluding hydrogens is 407 g/mol. The van der Waals surface area contributed by atoms with Crippen molar-refractivity contribution in [3.05, 3.63) is 24.3 Å². The minimum absolute atomic E-state index is 0.149. The van der Waals surface area contributed by atoms with Crippen molar-refractivity contribution in [2.75, 3.05) is 0 Å². The van der Waals surface area contributed by atoms with Gasteiger partial charge in [0.15, 0.2) is 0 Å². The molecule has 0 spiro atoms. The molecular formula is C24H50Sn. The molecule has 2 radical (unpaired) electrons. The maximum absolute atomic E-state index is 3.91. The van der Waals surface area contributed by atoms with Crippen LogP contribution in [-0.4, -0.2) is 21.1 Å². The van der Waals surface area contributed by atoms with Crippen LogP contribution < -0.4 is 0 Å². The zero-order chi connectivity index (χ0) is 19.8. The molecule has 0 unspecified atom stereocenters. The van der Waals surface area contributed by atoms with E-state index < -0.39 is 0 Å². The van der Waals surface area contributed by atoms with Crippen molar-refractivity contribution in [3.8, 4) is 0 Å². The molecule has 0 fully saturated rings. The second-order valence-electron chi connectivity index (χ2n) is 6.87. The first-order chi connectivity index (χ1) is 12.0. The second kappa shape index (κ2) is 29.1. The summed E-state index contributed by atoms with van der Waals surface area (Å²) in [6.07, 6.45) is 15.8. The molecule has 25 heavy (non-hydrogen) atoms. The average Bonchev–Trinajstić information content (AvgIpc) is 2.65. The normalized spacial score (nSPS) is 9.52. The maximum atomic E-state index is 3.91. The van der Waals surface area contributed by atoms with Gasteiger partial charge in [-0.05, 0) is 38.5 Å². The number of hydrogen-bond donors (Lipinski definition) is 0. The molecule has 150 valence electrons. The van der Waals surface area contributed by atoms with Crippen molar-refractivity contribution in [2.45, 2.75) is 127 Å². The van der Waals surface area contributed by atoms with Crippen LogP contribution in [0.25, 0.3) is 0 Å². The zero-order valence-electron chi connectivity index (χ0n) is 18.8. The van der Waals surface area contributed by atoms with E-state index in [4.69, 9.17) is 0 Å². The van der Waals surface area contributed by atoms with Gasteiger partial charge >= 0.3 is 69.5 Å². The predicted octanol–water partition coefficient (Wildman–Crippen LogP) is 9.41. The Morgan fingerprint density at radius 3 is 1.12 bits per heavy atom. The molecule has 0 aliphatic carbocycles. The Bertz CT molecular complexity index is 229. The Hall–Kier alpha value is 0.279. The zero-order valence-corrected chi connectivity index (χ0v) is 21.7. The fourth-order valence-electron chi connectivity index (χ4n) is 1.94. The summed E-state index contributed by atoms with van der Waals surface area (Å²) in [6, 6.07) is 0. The molecule has 0 aromatic heterocycles. The molecule has 0 aliphatic heterocycles. The molecule has 1 heteroatoms. The summed E-state index contributed by atoms with van der Waals surface area (Å²) in [5.74, 6) is 0. The molecule has 0 aromatic rings. The number of hydrogen-bond acceptors (Lipinski definition) is 0. The number of rotatable bonds is 14. The van der Waals surface area contributed by atoms with Gasteiger partial charge in [-0.15, -0.1) is 0 Å². The first kappa shape index (κ1) is 30.0. The monoisotopic (exact) mass is 458 g/mol. The van der Waals surface area contributed by atoms with Crippen molar-refractivity contribution < 1.29 is 0 Å². The number of allylic oxidation sites excluding steroid dienone is 2. The molecule has 0 heterocycles. The second-order valence-corrected chi connectivity index (χ2v) is 11.2. The van der Waals surface area contributed by atoms with Gasteiger partial charge < -0.3 is 0 Å². The van der Waals surface area contributed by atoms with Crippen LogP contribution in [0.4, 0.5) is 0 Å². The molecule has 0 saturated carbocycles. The minimum atomic E-state index is 0.149. The van der Waals surface area contributed by atoms with Gasteiger partial charge in [-0.25, -0.2) is 0 Å². The van der Waals surface area contributed by atoms with Crippen LogP contribution in [0.3, 0.4) is 0 Å². The van der Waals surface area contributed by atoms with E-state index in [1.165, 1.54) is 75.4 Å². The third kappa shape index (κ3) is 36.1. The van der Waals surface area contributed by atoms with E-state index in [2.05, 4.69) is 54.7 Å². The van der Waals surface area contributed by atoms with E-state index in [0.717, 1.165) is 12.8 Å².